The Balaban J connectivity index is 1.58. The Hall–Kier alpha value is -1.64. The standard InChI is InChI=1S/C14H16BNO5S/c17-12(7-9-3-2-6-22-9)16-11-4-1-5-14(21-15(11)20)8-10(14)13(18)19/h1-3,5-6,10-11,20H,4,7-8H2,(H,16,17)(H,18,19)/t10-,11+,14?/m1/s1. The van der Waals surface area contributed by atoms with Crippen LogP contribution < -0.4 is 5.32 Å². The number of hydrogen-bond donors (Lipinski definition) is 3. The highest BCUT2D eigenvalue weighted by molar-refractivity contribution is 7.10. The molecule has 116 valence electrons. The predicted molar refractivity (Wildman–Crippen MR) is 81.2 cm³/mol. The van der Waals surface area contributed by atoms with E-state index < -0.39 is 30.5 Å². The summed E-state index contributed by atoms with van der Waals surface area (Å²) < 4.78 is 5.51. The minimum Gasteiger partial charge on any atom is -0.481 e. The second-order valence-electron chi connectivity index (χ2n) is 5.63. The number of rotatable bonds is 4. The number of aliphatic carboxylic acids is 1. The second kappa shape index (κ2) is 5.87. The molecule has 1 spiro atoms. The third kappa shape index (κ3) is 3.09. The van der Waals surface area contributed by atoms with E-state index in [1.54, 1.807) is 12.2 Å². The van der Waals surface area contributed by atoms with E-state index in [1.165, 1.54) is 11.3 Å². The van der Waals surface area contributed by atoms with Crippen LogP contribution in [0.15, 0.2) is 29.7 Å². The number of nitrogens with one attached hydrogen (secondary N) is 1. The zero-order valence-electron chi connectivity index (χ0n) is 11.8. The molecule has 3 N–H and O–H groups in total. The number of carbonyl (C=O) groups excluding carboxylic acids is 1. The van der Waals surface area contributed by atoms with E-state index >= 15 is 0 Å². The van der Waals surface area contributed by atoms with Gasteiger partial charge in [-0.2, -0.15) is 0 Å². The van der Waals surface area contributed by atoms with Crippen LogP contribution in [0, 0.1) is 5.92 Å². The largest absolute Gasteiger partial charge is 0.481 e. The molecule has 2 heterocycles. The molecule has 1 aromatic heterocycles. The van der Waals surface area contributed by atoms with E-state index in [1.807, 2.05) is 17.5 Å². The summed E-state index contributed by atoms with van der Waals surface area (Å²) in [5, 5.41) is 23.8. The summed E-state index contributed by atoms with van der Waals surface area (Å²) in [6.07, 6.45) is 4.49. The van der Waals surface area contributed by atoms with E-state index in [-0.39, 0.29) is 12.3 Å². The van der Waals surface area contributed by atoms with Crippen LogP contribution in [0.25, 0.3) is 0 Å². The highest BCUT2D eigenvalue weighted by Gasteiger charge is 2.60. The van der Waals surface area contributed by atoms with Gasteiger partial charge in [0.25, 0.3) is 0 Å². The Morgan fingerprint density at radius 3 is 3.00 bits per heavy atom. The minimum absolute atomic E-state index is 0.190. The van der Waals surface area contributed by atoms with Crippen LogP contribution in [0.3, 0.4) is 0 Å². The fourth-order valence-corrected chi connectivity index (χ4v) is 3.41. The second-order valence-corrected chi connectivity index (χ2v) is 6.66. The number of hydrogen-bond acceptors (Lipinski definition) is 5. The molecular weight excluding hydrogens is 305 g/mol. The lowest BCUT2D eigenvalue weighted by Gasteiger charge is -2.20. The van der Waals surface area contributed by atoms with E-state index in [2.05, 4.69) is 5.32 Å². The van der Waals surface area contributed by atoms with Gasteiger partial charge in [0.15, 0.2) is 0 Å². The fraction of sp³-hybridized carbons (Fsp3) is 0.429. The summed E-state index contributed by atoms with van der Waals surface area (Å²) >= 11 is 1.50. The number of thiophene rings is 1. The fourth-order valence-electron chi connectivity index (χ4n) is 2.71. The van der Waals surface area contributed by atoms with Gasteiger partial charge < -0.3 is 20.1 Å². The van der Waals surface area contributed by atoms with Gasteiger partial charge in [0.2, 0.25) is 5.91 Å². The van der Waals surface area contributed by atoms with Crippen LogP contribution in [0.4, 0.5) is 0 Å². The van der Waals surface area contributed by atoms with Gasteiger partial charge in [0, 0.05) is 4.88 Å². The monoisotopic (exact) mass is 321 g/mol. The van der Waals surface area contributed by atoms with Crippen molar-refractivity contribution in [3.63, 3.8) is 0 Å². The van der Waals surface area contributed by atoms with Crippen molar-refractivity contribution >= 4 is 30.3 Å². The average Bonchev–Trinajstić information content (AvgIpc) is 2.97. The van der Waals surface area contributed by atoms with Crippen molar-refractivity contribution in [1.82, 2.24) is 5.32 Å². The maximum atomic E-state index is 12.0. The van der Waals surface area contributed by atoms with Crippen molar-refractivity contribution in [3.8, 4) is 0 Å². The third-order valence-corrected chi connectivity index (χ3v) is 4.86. The van der Waals surface area contributed by atoms with Gasteiger partial charge in [-0.05, 0) is 24.3 Å². The number of carbonyl (C=O) groups is 2. The first-order chi connectivity index (χ1) is 10.5. The highest BCUT2D eigenvalue weighted by Crippen LogP contribution is 2.49. The summed E-state index contributed by atoms with van der Waals surface area (Å²) in [6.45, 7) is 0. The van der Waals surface area contributed by atoms with Crippen molar-refractivity contribution in [2.45, 2.75) is 30.8 Å². The summed E-state index contributed by atoms with van der Waals surface area (Å²) in [6, 6.07) is 3.75. The lowest BCUT2D eigenvalue weighted by atomic mass is 9.77. The molecule has 0 aromatic carbocycles. The molecule has 1 unspecified atom stereocenters. The molecule has 2 aliphatic rings. The quantitative estimate of drug-likeness (QED) is 0.558. The molecule has 8 heteroatoms. The normalized spacial score (nSPS) is 30.1. The molecule has 22 heavy (non-hydrogen) atoms. The van der Waals surface area contributed by atoms with Crippen LogP contribution in [0.2, 0.25) is 0 Å². The molecule has 1 aliphatic heterocycles. The van der Waals surface area contributed by atoms with Crippen LogP contribution in [0.5, 0.6) is 0 Å². The van der Waals surface area contributed by atoms with Gasteiger partial charge in [-0.15, -0.1) is 11.3 Å². The van der Waals surface area contributed by atoms with Crippen molar-refractivity contribution in [1.29, 1.82) is 0 Å². The molecule has 3 atom stereocenters. The van der Waals surface area contributed by atoms with E-state index in [0.717, 1.165) is 4.88 Å². The lowest BCUT2D eigenvalue weighted by Crippen LogP contribution is -2.49. The predicted octanol–water partition coefficient (Wildman–Crippen LogP) is 0.615. The summed E-state index contributed by atoms with van der Waals surface area (Å²) in [4.78, 5) is 24.0. The molecular formula is C14H16BNO5S. The number of amides is 1. The maximum absolute atomic E-state index is 12.0. The zero-order chi connectivity index (χ0) is 15.7. The van der Waals surface area contributed by atoms with E-state index in [9.17, 15) is 14.6 Å². The van der Waals surface area contributed by atoms with Crippen LogP contribution in [0.1, 0.15) is 17.7 Å². The van der Waals surface area contributed by atoms with Crippen LogP contribution in [-0.2, 0) is 20.7 Å². The summed E-state index contributed by atoms with van der Waals surface area (Å²) in [5.41, 5.74) is -0.918. The van der Waals surface area contributed by atoms with Crippen LogP contribution >= 0.6 is 11.3 Å². The maximum Gasteiger partial charge on any atom is 0.479 e. The Bertz CT molecular complexity index is 604. The molecule has 6 nitrogen and oxygen atoms in total. The summed E-state index contributed by atoms with van der Waals surface area (Å²) in [5.74, 6) is -2.32. The Morgan fingerprint density at radius 2 is 2.36 bits per heavy atom. The number of carboxylic acid groups (broad SMARTS) is 1. The first kappa shape index (κ1) is 15.3. The van der Waals surface area contributed by atoms with Gasteiger partial charge in [-0.3, -0.25) is 9.59 Å². The van der Waals surface area contributed by atoms with Gasteiger partial charge in [-0.1, -0.05) is 18.2 Å². The van der Waals surface area contributed by atoms with Gasteiger partial charge in [-0.25, -0.2) is 0 Å². The molecule has 1 amide bonds. The SMILES string of the molecule is O=C(Cc1cccs1)N[C@H]1CC=CC2(C[C@@H]2C(=O)O)OB1O. The Kier molecular flexibility index (Phi) is 4.07. The van der Waals surface area contributed by atoms with Gasteiger partial charge in [0.1, 0.15) is 0 Å². The summed E-state index contributed by atoms with van der Waals surface area (Å²) in [7, 11) is -1.22. The van der Waals surface area contributed by atoms with E-state index in [4.69, 9.17) is 9.76 Å². The molecule has 1 fully saturated rings. The average molecular weight is 321 g/mol. The smallest absolute Gasteiger partial charge is 0.479 e. The first-order valence-electron chi connectivity index (χ1n) is 7.08. The molecule has 0 bridgehead atoms. The zero-order valence-corrected chi connectivity index (χ0v) is 12.6. The lowest BCUT2D eigenvalue weighted by molar-refractivity contribution is -0.139. The molecule has 0 saturated heterocycles. The molecule has 0 radical (unpaired) electrons. The van der Waals surface area contributed by atoms with E-state index in [0.29, 0.717) is 12.8 Å². The van der Waals surface area contributed by atoms with Gasteiger partial charge in [0.05, 0.1) is 23.9 Å². The molecule has 3 rings (SSSR count). The Morgan fingerprint density at radius 1 is 1.55 bits per heavy atom. The molecule has 1 saturated carbocycles. The minimum atomic E-state index is -1.22. The van der Waals surface area contributed by atoms with Crippen molar-refractivity contribution in [2.24, 2.45) is 5.92 Å². The van der Waals surface area contributed by atoms with Crippen molar-refractivity contribution in [2.75, 3.05) is 0 Å². The van der Waals surface area contributed by atoms with Crippen molar-refractivity contribution < 1.29 is 24.4 Å². The van der Waals surface area contributed by atoms with Crippen LogP contribution in [-0.4, -0.2) is 40.7 Å². The molecule has 1 aromatic rings. The number of carboxylic acids is 1. The van der Waals surface area contributed by atoms with Gasteiger partial charge >= 0.3 is 13.1 Å². The van der Waals surface area contributed by atoms with Crippen molar-refractivity contribution in [3.05, 3.63) is 34.5 Å². The third-order valence-electron chi connectivity index (χ3n) is 3.99. The first-order valence-corrected chi connectivity index (χ1v) is 7.96. The highest BCUT2D eigenvalue weighted by atomic mass is 32.1. The topological polar surface area (TPSA) is 95.9 Å². The molecule has 1 aliphatic carbocycles. The Labute approximate surface area is 131 Å².